The third-order valence-corrected chi connectivity index (χ3v) is 3.33. The normalized spacial score (nSPS) is 10.3. The first-order valence-corrected chi connectivity index (χ1v) is 7.01. The Morgan fingerprint density at radius 2 is 1.91 bits per heavy atom. The highest BCUT2D eigenvalue weighted by atomic mass is 32.1. The number of anilines is 1. The predicted octanol–water partition coefficient (Wildman–Crippen LogP) is 2.89. The number of amides is 1. The molecule has 116 valence electrons. The molecule has 8 heteroatoms. The highest BCUT2D eigenvalue weighted by molar-refractivity contribution is 7.07. The number of esters is 1. The standard InChI is InChI=1S/C14H10F3NO3S/c15-9-1-2-10(14(17)13(9)16)18-11(19)6-21-12(20)5-8-3-4-22-7-8/h1-4,7H,5-6H2,(H,18,19). The minimum Gasteiger partial charge on any atom is -0.455 e. The predicted molar refractivity (Wildman–Crippen MR) is 73.9 cm³/mol. The Kier molecular flexibility index (Phi) is 5.16. The SMILES string of the molecule is O=C(COC(=O)Cc1ccsc1)Nc1ccc(F)c(F)c1F. The van der Waals surface area contributed by atoms with Gasteiger partial charge in [0.2, 0.25) is 0 Å². The Bertz CT molecular complexity index is 689. The third-order valence-electron chi connectivity index (χ3n) is 2.60. The van der Waals surface area contributed by atoms with Crippen molar-refractivity contribution in [2.75, 3.05) is 11.9 Å². The van der Waals surface area contributed by atoms with Crippen LogP contribution in [0.1, 0.15) is 5.56 Å². The molecule has 0 bridgehead atoms. The van der Waals surface area contributed by atoms with Gasteiger partial charge in [-0.15, -0.1) is 0 Å². The average molecular weight is 329 g/mol. The molecule has 4 nitrogen and oxygen atoms in total. The van der Waals surface area contributed by atoms with Crippen LogP contribution in [0, 0.1) is 17.5 Å². The molecule has 0 aliphatic heterocycles. The average Bonchev–Trinajstić information content (AvgIpc) is 2.99. The van der Waals surface area contributed by atoms with Crippen molar-refractivity contribution in [3.8, 4) is 0 Å². The lowest BCUT2D eigenvalue weighted by Crippen LogP contribution is -2.22. The number of hydrogen-bond acceptors (Lipinski definition) is 4. The minimum atomic E-state index is -1.69. The Labute approximate surface area is 127 Å². The van der Waals surface area contributed by atoms with Gasteiger partial charge in [0.05, 0.1) is 12.1 Å². The summed E-state index contributed by atoms with van der Waals surface area (Å²) in [5.74, 6) is -6.05. The van der Waals surface area contributed by atoms with Crippen molar-refractivity contribution >= 4 is 28.9 Å². The zero-order chi connectivity index (χ0) is 16.1. The molecule has 2 aromatic rings. The summed E-state index contributed by atoms with van der Waals surface area (Å²) < 4.78 is 43.8. The molecule has 1 aromatic heterocycles. The Morgan fingerprint density at radius 3 is 2.59 bits per heavy atom. The Balaban J connectivity index is 1.86. The van der Waals surface area contributed by atoms with Gasteiger partial charge in [0.25, 0.3) is 5.91 Å². The van der Waals surface area contributed by atoms with Crippen LogP contribution in [0.3, 0.4) is 0 Å². The molecule has 22 heavy (non-hydrogen) atoms. The van der Waals surface area contributed by atoms with Gasteiger partial charge in [-0.05, 0) is 34.5 Å². The van der Waals surface area contributed by atoms with E-state index in [-0.39, 0.29) is 6.42 Å². The van der Waals surface area contributed by atoms with E-state index in [1.807, 2.05) is 5.32 Å². The molecule has 0 spiro atoms. The monoisotopic (exact) mass is 329 g/mol. The van der Waals surface area contributed by atoms with E-state index in [1.165, 1.54) is 11.3 Å². The Morgan fingerprint density at radius 1 is 1.14 bits per heavy atom. The second kappa shape index (κ2) is 7.08. The number of thiophene rings is 1. The van der Waals surface area contributed by atoms with Crippen molar-refractivity contribution in [2.24, 2.45) is 0 Å². The van der Waals surface area contributed by atoms with Crippen molar-refractivity contribution in [1.82, 2.24) is 0 Å². The van der Waals surface area contributed by atoms with E-state index in [9.17, 15) is 22.8 Å². The second-order valence-corrected chi connectivity index (χ2v) is 5.02. The van der Waals surface area contributed by atoms with Crippen LogP contribution in [-0.2, 0) is 20.7 Å². The molecule has 0 atom stereocenters. The number of rotatable bonds is 5. The molecular formula is C14H10F3NO3S. The number of carbonyl (C=O) groups is 2. The largest absolute Gasteiger partial charge is 0.455 e. The topological polar surface area (TPSA) is 55.4 Å². The van der Waals surface area contributed by atoms with Gasteiger partial charge >= 0.3 is 5.97 Å². The van der Waals surface area contributed by atoms with Crippen LogP contribution in [0.5, 0.6) is 0 Å². The van der Waals surface area contributed by atoms with Crippen molar-refractivity contribution in [1.29, 1.82) is 0 Å². The fraction of sp³-hybridized carbons (Fsp3) is 0.143. The van der Waals surface area contributed by atoms with Crippen LogP contribution in [0.2, 0.25) is 0 Å². The smallest absolute Gasteiger partial charge is 0.310 e. The molecule has 0 saturated heterocycles. The first-order valence-electron chi connectivity index (χ1n) is 6.07. The lowest BCUT2D eigenvalue weighted by atomic mass is 10.2. The zero-order valence-corrected chi connectivity index (χ0v) is 11.9. The molecular weight excluding hydrogens is 319 g/mol. The summed E-state index contributed by atoms with van der Waals surface area (Å²) in [4.78, 5) is 23.0. The lowest BCUT2D eigenvalue weighted by Gasteiger charge is -2.08. The molecule has 1 heterocycles. The minimum absolute atomic E-state index is 0.0102. The summed E-state index contributed by atoms with van der Waals surface area (Å²) in [6, 6.07) is 3.29. The molecule has 1 aromatic carbocycles. The molecule has 0 unspecified atom stereocenters. The van der Waals surface area contributed by atoms with Gasteiger partial charge in [0, 0.05) is 0 Å². The molecule has 1 amide bonds. The number of carbonyl (C=O) groups excluding carboxylic acids is 2. The van der Waals surface area contributed by atoms with Gasteiger partial charge in [-0.25, -0.2) is 13.2 Å². The molecule has 0 aliphatic carbocycles. The molecule has 0 saturated carbocycles. The molecule has 0 aliphatic rings. The molecule has 2 rings (SSSR count). The van der Waals surface area contributed by atoms with Gasteiger partial charge in [0.1, 0.15) is 0 Å². The van der Waals surface area contributed by atoms with E-state index >= 15 is 0 Å². The first-order chi connectivity index (χ1) is 10.5. The number of hydrogen-bond donors (Lipinski definition) is 1. The van der Waals surface area contributed by atoms with Crippen molar-refractivity contribution in [3.05, 3.63) is 52.0 Å². The maximum absolute atomic E-state index is 13.3. The van der Waals surface area contributed by atoms with Crippen LogP contribution in [0.25, 0.3) is 0 Å². The quantitative estimate of drug-likeness (QED) is 0.678. The van der Waals surface area contributed by atoms with E-state index < -0.39 is 41.6 Å². The number of nitrogens with one attached hydrogen (secondary N) is 1. The summed E-state index contributed by atoms with van der Waals surface area (Å²) in [6.45, 7) is -0.651. The summed E-state index contributed by atoms with van der Waals surface area (Å²) in [5, 5.41) is 5.55. The summed E-state index contributed by atoms with van der Waals surface area (Å²) in [6.07, 6.45) is 0.0102. The van der Waals surface area contributed by atoms with E-state index in [4.69, 9.17) is 4.74 Å². The van der Waals surface area contributed by atoms with Crippen molar-refractivity contribution in [3.63, 3.8) is 0 Å². The number of halogens is 3. The van der Waals surface area contributed by atoms with E-state index in [0.29, 0.717) is 6.07 Å². The fourth-order valence-corrected chi connectivity index (χ4v) is 2.23. The first kappa shape index (κ1) is 16.0. The van der Waals surface area contributed by atoms with E-state index in [0.717, 1.165) is 11.6 Å². The van der Waals surface area contributed by atoms with Gasteiger partial charge in [-0.3, -0.25) is 9.59 Å². The van der Waals surface area contributed by atoms with E-state index in [2.05, 4.69) is 0 Å². The molecule has 0 fully saturated rings. The summed E-state index contributed by atoms with van der Waals surface area (Å²) >= 11 is 1.42. The maximum Gasteiger partial charge on any atom is 0.310 e. The van der Waals surface area contributed by atoms with Crippen LogP contribution in [0.15, 0.2) is 29.0 Å². The number of ether oxygens (including phenoxy) is 1. The van der Waals surface area contributed by atoms with Gasteiger partial charge in [-0.1, -0.05) is 0 Å². The van der Waals surface area contributed by atoms with Crippen molar-refractivity contribution in [2.45, 2.75) is 6.42 Å². The van der Waals surface area contributed by atoms with Crippen LogP contribution >= 0.6 is 11.3 Å². The van der Waals surface area contributed by atoms with Crippen LogP contribution < -0.4 is 5.32 Å². The van der Waals surface area contributed by atoms with Gasteiger partial charge in [0.15, 0.2) is 24.1 Å². The summed E-state index contributed by atoms with van der Waals surface area (Å²) in [7, 11) is 0. The second-order valence-electron chi connectivity index (χ2n) is 4.24. The van der Waals surface area contributed by atoms with Gasteiger partial charge in [-0.2, -0.15) is 11.3 Å². The number of benzene rings is 1. The third kappa shape index (κ3) is 4.08. The zero-order valence-electron chi connectivity index (χ0n) is 11.1. The summed E-state index contributed by atoms with van der Waals surface area (Å²) in [5.41, 5.74) is 0.222. The van der Waals surface area contributed by atoms with Crippen molar-refractivity contribution < 1.29 is 27.5 Å². The lowest BCUT2D eigenvalue weighted by molar-refractivity contribution is -0.146. The molecule has 0 radical (unpaired) electrons. The highest BCUT2D eigenvalue weighted by Gasteiger charge is 2.16. The van der Waals surface area contributed by atoms with E-state index in [1.54, 1.807) is 16.8 Å². The maximum atomic E-state index is 13.3. The van der Waals surface area contributed by atoms with Gasteiger partial charge < -0.3 is 10.1 Å². The molecule has 1 N–H and O–H groups in total. The Hall–Kier alpha value is -2.35. The highest BCUT2D eigenvalue weighted by Crippen LogP contribution is 2.19. The van der Waals surface area contributed by atoms with Crippen LogP contribution in [-0.4, -0.2) is 18.5 Å². The fourth-order valence-electron chi connectivity index (χ4n) is 1.57. The van der Waals surface area contributed by atoms with Crippen LogP contribution in [0.4, 0.5) is 18.9 Å².